The van der Waals surface area contributed by atoms with Crippen LogP contribution >= 0.6 is 23.2 Å². The third kappa shape index (κ3) is 2.09. The molecule has 0 aromatic heterocycles. The van der Waals surface area contributed by atoms with E-state index in [-0.39, 0.29) is 11.7 Å². The lowest BCUT2D eigenvalue weighted by atomic mass is 9.70. The van der Waals surface area contributed by atoms with E-state index in [4.69, 9.17) is 23.2 Å². The third-order valence-electron chi connectivity index (χ3n) is 5.17. The molecule has 3 nitrogen and oxygen atoms in total. The Bertz CT molecular complexity index is 641. The Kier molecular flexibility index (Phi) is 3.34. The number of hydrogen-bond acceptors (Lipinski definition) is 2. The topological polar surface area (TPSA) is 46.2 Å². The maximum atomic E-state index is 12.7. The van der Waals surface area contributed by atoms with E-state index in [1.165, 1.54) is 0 Å². The Balaban J connectivity index is 1.88. The molecule has 1 aromatic rings. The largest absolute Gasteiger partial charge is 0.324 e. The molecule has 2 atom stereocenters. The van der Waals surface area contributed by atoms with Gasteiger partial charge in [0.25, 0.3) is 0 Å². The molecule has 1 aromatic carbocycles. The maximum Gasteiger partial charge on any atom is 0.238 e. The van der Waals surface area contributed by atoms with Crippen molar-refractivity contribution in [1.29, 1.82) is 0 Å². The lowest BCUT2D eigenvalue weighted by molar-refractivity contribution is -0.142. The summed E-state index contributed by atoms with van der Waals surface area (Å²) in [6.07, 6.45) is 2.22. The predicted molar refractivity (Wildman–Crippen MR) is 83.7 cm³/mol. The summed E-state index contributed by atoms with van der Waals surface area (Å²) in [5.41, 5.74) is -0.780. The van der Waals surface area contributed by atoms with Gasteiger partial charge in [-0.1, -0.05) is 37.0 Å². The van der Waals surface area contributed by atoms with E-state index < -0.39 is 10.8 Å². The molecular formula is C16H17Cl2NO2. The molecule has 2 fully saturated rings. The Labute approximate surface area is 134 Å². The zero-order valence-electron chi connectivity index (χ0n) is 12.0. The fraction of sp³-hybridized carbons (Fsp3) is 0.500. The Morgan fingerprint density at radius 2 is 2.05 bits per heavy atom. The fourth-order valence-electron chi connectivity index (χ4n) is 3.81. The van der Waals surface area contributed by atoms with E-state index in [0.29, 0.717) is 34.5 Å². The second kappa shape index (κ2) is 4.72. The molecule has 3 rings (SSSR count). The number of ketones is 1. The molecular weight excluding hydrogens is 309 g/mol. The van der Waals surface area contributed by atoms with Gasteiger partial charge in [0.15, 0.2) is 5.78 Å². The van der Waals surface area contributed by atoms with Crippen molar-refractivity contribution in [3.8, 4) is 0 Å². The number of anilines is 1. The molecule has 0 radical (unpaired) electrons. The van der Waals surface area contributed by atoms with Gasteiger partial charge < -0.3 is 5.32 Å². The number of halogens is 2. The van der Waals surface area contributed by atoms with Gasteiger partial charge in [0.1, 0.15) is 5.41 Å². The van der Waals surface area contributed by atoms with Crippen molar-refractivity contribution in [2.24, 2.45) is 16.7 Å². The van der Waals surface area contributed by atoms with Gasteiger partial charge >= 0.3 is 0 Å². The third-order valence-corrected chi connectivity index (χ3v) is 5.72. The number of carbonyl (C=O) groups excluding carboxylic acids is 2. The highest BCUT2D eigenvalue weighted by Gasteiger charge is 2.65. The summed E-state index contributed by atoms with van der Waals surface area (Å²) in [6, 6.07) is 4.91. The lowest BCUT2D eigenvalue weighted by Gasteiger charge is -2.32. The molecule has 2 bridgehead atoms. The summed E-state index contributed by atoms with van der Waals surface area (Å²) >= 11 is 11.9. The number of hydrogen-bond donors (Lipinski definition) is 1. The smallest absolute Gasteiger partial charge is 0.238 e. The van der Waals surface area contributed by atoms with Crippen LogP contribution < -0.4 is 5.32 Å². The molecule has 1 amide bonds. The van der Waals surface area contributed by atoms with Crippen molar-refractivity contribution < 1.29 is 9.59 Å². The van der Waals surface area contributed by atoms with Gasteiger partial charge in [0.05, 0.1) is 10.7 Å². The minimum absolute atomic E-state index is 0.0637. The van der Waals surface area contributed by atoms with E-state index in [1.54, 1.807) is 18.2 Å². The van der Waals surface area contributed by atoms with E-state index in [9.17, 15) is 9.59 Å². The first kappa shape index (κ1) is 14.9. The van der Waals surface area contributed by atoms with Gasteiger partial charge in [-0.2, -0.15) is 0 Å². The van der Waals surface area contributed by atoms with E-state index >= 15 is 0 Å². The summed E-state index contributed by atoms with van der Waals surface area (Å²) in [7, 11) is 0. The standard InChI is InChI=1S/C16H17Cl2NO2/c1-15(2)9-5-6-16(8-9,13(15)20)14(21)19-12-4-3-10(17)7-11(12)18/h3-4,7,9H,5-6,8H2,1-2H3,(H,19,21)/t9-,16+/m0/s1. The van der Waals surface area contributed by atoms with Crippen LogP contribution in [0.1, 0.15) is 33.1 Å². The SMILES string of the molecule is CC1(C)C(=O)[C@@]2(C(=O)Nc3ccc(Cl)cc3Cl)CC[C@H]1C2. The molecule has 0 aliphatic heterocycles. The van der Waals surface area contributed by atoms with Gasteiger partial charge in [-0.15, -0.1) is 0 Å². The minimum atomic E-state index is -0.878. The maximum absolute atomic E-state index is 12.7. The summed E-state index contributed by atoms with van der Waals surface area (Å²) in [4.78, 5) is 25.4. The Hall–Kier alpha value is -1.06. The zero-order chi connectivity index (χ0) is 15.4. The minimum Gasteiger partial charge on any atom is -0.324 e. The molecule has 0 saturated heterocycles. The second-order valence-electron chi connectivity index (χ2n) is 6.65. The number of Topliss-reactive ketones (excluding diaryl/α,β-unsaturated/α-hetero) is 1. The monoisotopic (exact) mass is 325 g/mol. The van der Waals surface area contributed by atoms with E-state index in [1.807, 2.05) is 13.8 Å². The number of amides is 1. The quantitative estimate of drug-likeness (QED) is 0.823. The molecule has 2 saturated carbocycles. The molecule has 1 N–H and O–H groups in total. The molecule has 0 heterocycles. The van der Waals surface area contributed by atoms with Crippen LogP contribution in [0.5, 0.6) is 0 Å². The van der Waals surface area contributed by atoms with Gasteiger partial charge in [-0.05, 0) is 43.4 Å². The van der Waals surface area contributed by atoms with Crippen molar-refractivity contribution in [2.75, 3.05) is 5.32 Å². The van der Waals surface area contributed by atoms with Crippen LogP contribution in [0, 0.1) is 16.7 Å². The van der Waals surface area contributed by atoms with Crippen LogP contribution in [-0.2, 0) is 9.59 Å². The predicted octanol–water partition coefficient (Wildman–Crippen LogP) is 4.33. The molecule has 5 heteroatoms. The lowest BCUT2D eigenvalue weighted by Crippen LogP contribution is -2.44. The van der Waals surface area contributed by atoms with Gasteiger partial charge in [-0.25, -0.2) is 0 Å². The molecule has 112 valence electrons. The Morgan fingerprint density at radius 3 is 2.62 bits per heavy atom. The second-order valence-corrected chi connectivity index (χ2v) is 7.49. The summed E-state index contributed by atoms with van der Waals surface area (Å²) in [5, 5.41) is 3.71. The normalized spacial score (nSPS) is 29.7. The molecule has 0 spiro atoms. The van der Waals surface area contributed by atoms with Crippen molar-refractivity contribution in [1.82, 2.24) is 0 Å². The molecule has 2 aliphatic rings. The summed E-state index contributed by atoms with van der Waals surface area (Å²) in [6.45, 7) is 3.90. The van der Waals surface area contributed by atoms with Crippen molar-refractivity contribution in [2.45, 2.75) is 33.1 Å². The average molecular weight is 326 g/mol. The summed E-state index contributed by atoms with van der Waals surface area (Å²) in [5.74, 6) is 0.134. The van der Waals surface area contributed by atoms with Crippen LogP contribution in [0.4, 0.5) is 5.69 Å². The van der Waals surface area contributed by atoms with Crippen LogP contribution in [0.3, 0.4) is 0 Å². The highest BCUT2D eigenvalue weighted by atomic mass is 35.5. The Morgan fingerprint density at radius 1 is 1.33 bits per heavy atom. The number of fused-ring (bicyclic) bond motifs is 2. The van der Waals surface area contributed by atoms with Gasteiger partial charge in [0, 0.05) is 10.4 Å². The van der Waals surface area contributed by atoms with Crippen LogP contribution in [-0.4, -0.2) is 11.7 Å². The van der Waals surface area contributed by atoms with E-state index in [2.05, 4.69) is 5.32 Å². The van der Waals surface area contributed by atoms with E-state index in [0.717, 1.165) is 6.42 Å². The first-order valence-corrected chi connectivity index (χ1v) is 7.84. The number of rotatable bonds is 2. The van der Waals surface area contributed by atoms with Crippen LogP contribution in [0.25, 0.3) is 0 Å². The first-order valence-electron chi connectivity index (χ1n) is 7.09. The van der Waals surface area contributed by atoms with Crippen molar-refractivity contribution in [3.05, 3.63) is 28.2 Å². The molecule has 21 heavy (non-hydrogen) atoms. The fourth-order valence-corrected chi connectivity index (χ4v) is 4.27. The molecule has 0 unspecified atom stereocenters. The highest BCUT2D eigenvalue weighted by molar-refractivity contribution is 6.36. The first-order chi connectivity index (χ1) is 9.77. The van der Waals surface area contributed by atoms with Crippen molar-refractivity contribution in [3.63, 3.8) is 0 Å². The average Bonchev–Trinajstić information content (AvgIpc) is 2.93. The van der Waals surface area contributed by atoms with Gasteiger partial charge in [-0.3, -0.25) is 9.59 Å². The number of carbonyl (C=O) groups is 2. The van der Waals surface area contributed by atoms with Crippen LogP contribution in [0.15, 0.2) is 18.2 Å². The highest BCUT2D eigenvalue weighted by Crippen LogP contribution is 2.60. The number of nitrogens with one attached hydrogen (secondary N) is 1. The van der Waals surface area contributed by atoms with Gasteiger partial charge in [0.2, 0.25) is 5.91 Å². The summed E-state index contributed by atoms with van der Waals surface area (Å²) < 4.78 is 0. The van der Waals surface area contributed by atoms with Crippen LogP contribution in [0.2, 0.25) is 10.0 Å². The van der Waals surface area contributed by atoms with Crippen molar-refractivity contribution >= 4 is 40.6 Å². The number of benzene rings is 1. The zero-order valence-corrected chi connectivity index (χ0v) is 13.5. The molecule has 2 aliphatic carbocycles.